The van der Waals surface area contributed by atoms with Crippen molar-refractivity contribution < 1.29 is 24.9 Å². The Labute approximate surface area is 111 Å². The zero-order chi connectivity index (χ0) is 15.4. The third-order valence-electron chi connectivity index (χ3n) is 2.30. The molecule has 1 heterocycles. The number of hydrogen-bond donors (Lipinski definition) is 3. The Balaban J connectivity index is 3.20. The highest BCUT2D eigenvalue weighted by Crippen LogP contribution is 2.27. The number of aliphatic hydroxyl groups excluding tert-OH is 1. The Bertz CT molecular complexity index is 559. The van der Waals surface area contributed by atoms with Gasteiger partial charge in [0.25, 0.3) is 5.69 Å². The van der Waals surface area contributed by atoms with Gasteiger partial charge in [-0.3, -0.25) is 20.2 Å². The largest absolute Gasteiger partial charge is 0.480 e. The molecule has 0 unspecified atom stereocenters. The van der Waals surface area contributed by atoms with Gasteiger partial charge in [0.2, 0.25) is 5.82 Å². The van der Waals surface area contributed by atoms with Gasteiger partial charge < -0.3 is 15.5 Å². The van der Waals surface area contributed by atoms with Crippen LogP contribution in [0.3, 0.4) is 0 Å². The number of aromatic nitrogens is 1. The summed E-state index contributed by atoms with van der Waals surface area (Å²) in [5.74, 6) is -1.93. The molecule has 0 radical (unpaired) electrons. The van der Waals surface area contributed by atoms with Crippen molar-refractivity contribution in [3.63, 3.8) is 0 Å². The number of aliphatic carboxylic acids is 1. The highest BCUT2D eigenvalue weighted by molar-refractivity contribution is 5.79. The molecule has 20 heavy (non-hydrogen) atoms. The van der Waals surface area contributed by atoms with Crippen LogP contribution in [0.15, 0.2) is 12.3 Å². The third-order valence-corrected chi connectivity index (χ3v) is 2.30. The van der Waals surface area contributed by atoms with E-state index in [0.717, 1.165) is 6.20 Å². The number of carboxylic acids is 1. The summed E-state index contributed by atoms with van der Waals surface area (Å²) in [6.07, 6.45) is -0.611. The number of pyridine rings is 1. The molecular weight excluding hydrogens is 276 g/mol. The van der Waals surface area contributed by atoms with Gasteiger partial charge in [-0.15, -0.1) is 0 Å². The molecule has 108 valence electrons. The maximum Gasteiger partial charge on any atom is 0.328 e. The lowest BCUT2D eigenvalue weighted by molar-refractivity contribution is -0.394. The van der Waals surface area contributed by atoms with Gasteiger partial charge in [0.15, 0.2) is 6.04 Å². The van der Waals surface area contributed by atoms with Crippen molar-refractivity contribution in [1.29, 1.82) is 0 Å². The van der Waals surface area contributed by atoms with Gasteiger partial charge in [-0.05, 0) is 6.92 Å². The average molecular weight is 286 g/mol. The molecule has 2 atom stereocenters. The van der Waals surface area contributed by atoms with E-state index in [-0.39, 0.29) is 0 Å². The maximum absolute atomic E-state index is 10.9. The molecule has 0 aromatic carbocycles. The zero-order valence-electron chi connectivity index (χ0n) is 10.1. The van der Waals surface area contributed by atoms with Gasteiger partial charge in [-0.1, -0.05) is 0 Å². The average Bonchev–Trinajstić information content (AvgIpc) is 2.34. The van der Waals surface area contributed by atoms with Crippen molar-refractivity contribution in [1.82, 2.24) is 4.98 Å². The molecule has 1 aromatic rings. The van der Waals surface area contributed by atoms with Gasteiger partial charge in [-0.25, -0.2) is 9.78 Å². The summed E-state index contributed by atoms with van der Waals surface area (Å²) in [6.45, 7) is 1.17. The quantitative estimate of drug-likeness (QED) is 0.486. The number of anilines is 1. The van der Waals surface area contributed by atoms with Gasteiger partial charge in [0.1, 0.15) is 6.20 Å². The minimum absolute atomic E-state index is 0.478. The molecule has 11 heteroatoms. The van der Waals surface area contributed by atoms with Crippen molar-refractivity contribution in [2.24, 2.45) is 0 Å². The lowest BCUT2D eigenvalue weighted by Crippen LogP contribution is -2.39. The van der Waals surface area contributed by atoms with Crippen LogP contribution in [0.1, 0.15) is 6.92 Å². The molecule has 0 fully saturated rings. The SMILES string of the molecule is C[C@@H](O)[C@H](Nc1ncc([N+](=O)[O-])cc1[N+](=O)[O-])C(=O)O. The summed E-state index contributed by atoms with van der Waals surface area (Å²) >= 11 is 0. The maximum atomic E-state index is 10.9. The fraction of sp³-hybridized carbons (Fsp3) is 0.333. The predicted octanol–water partition coefficient (Wildman–Crippen LogP) is 0.144. The van der Waals surface area contributed by atoms with Crippen LogP contribution in [-0.4, -0.2) is 43.2 Å². The molecule has 0 saturated heterocycles. The van der Waals surface area contributed by atoms with Crippen LogP contribution in [0.5, 0.6) is 0 Å². The van der Waals surface area contributed by atoms with Gasteiger partial charge in [-0.2, -0.15) is 0 Å². The van der Waals surface area contributed by atoms with Crippen LogP contribution in [0, 0.1) is 20.2 Å². The standard InChI is InChI=1S/C9H10N4O7/c1-4(14)7(9(15)16)11-8-6(13(19)20)2-5(3-10-8)12(17)18/h2-4,7,14H,1H3,(H,10,11)(H,15,16)/t4-,7+/m1/s1. The van der Waals surface area contributed by atoms with E-state index in [2.05, 4.69) is 10.3 Å². The van der Waals surface area contributed by atoms with Crippen LogP contribution >= 0.6 is 0 Å². The number of rotatable bonds is 6. The van der Waals surface area contributed by atoms with Gasteiger partial charge in [0, 0.05) is 0 Å². The van der Waals surface area contributed by atoms with E-state index in [4.69, 9.17) is 5.11 Å². The summed E-state index contributed by atoms with van der Waals surface area (Å²) in [6, 6.07) is -0.890. The number of carbonyl (C=O) groups is 1. The van der Waals surface area contributed by atoms with Crippen molar-refractivity contribution in [3.8, 4) is 0 Å². The molecule has 1 rings (SSSR count). The molecule has 3 N–H and O–H groups in total. The molecule has 0 saturated carbocycles. The summed E-state index contributed by atoms with van der Waals surface area (Å²) in [5.41, 5.74) is -1.36. The first-order valence-electron chi connectivity index (χ1n) is 5.20. The van der Waals surface area contributed by atoms with Crippen LogP contribution in [0.2, 0.25) is 0 Å². The Morgan fingerprint density at radius 3 is 2.40 bits per heavy atom. The highest BCUT2D eigenvalue weighted by atomic mass is 16.6. The van der Waals surface area contributed by atoms with E-state index < -0.39 is 45.2 Å². The van der Waals surface area contributed by atoms with Crippen molar-refractivity contribution in [2.75, 3.05) is 5.32 Å². The second kappa shape index (κ2) is 5.88. The molecular formula is C9H10N4O7. The number of nitrogens with one attached hydrogen (secondary N) is 1. The van der Waals surface area contributed by atoms with E-state index >= 15 is 0 Å². The first kappa shape index (κ1) is 15.2. The van der Waals surface area contributed by atoms with E-state index in [0.29, 0.717) is 6.07 Å². The van der Waals surface area contributed by atoms with Gasteiger partial charge in [0.05, 0.1) is 22.0 Å². The molecule has 0 aliphatic heterocycles. The zero-order valence-corrected chi connectivity index (χ0v) is 10.1. The van der Waals surface area contributed by atoms with Crippen LogP contribution in [0.4, 0.5) is 17.2 Å². The minimum Gasteiger partial charge on any atom is -0.480 e. The monoisotopic (exact) mass is 286 g/mol. The number of aliphatic hydroxyl groups is 1. The van der Waals surface area contributed by atoms with Crippen molar-refractivity contribution in [3.05, 3.63) is 32.5 Å². The Morgan fingerprint density at radius 1 is 1.40 bits per heavy atom. The molecule has 1 aromatic heterocycles. The summed E-state index contributed by atoms with van der Waals surface area (Å²) in [5, 5.41) is 41.6. The summed E-state index contributed by atoms with van der Waals surface area (Å²) in [7, 11) is 0. The van der Waals surface area contributed by atoms with E-state index in [1.807, 2.05) is 0 Å². The number of hydrogen-bond acceptors (Lipinski definition) is 8. The van der Waals surface area contributed by atoms with Gasteiger partial charge >= 0.3 is 11.7 Å². The number of nitrogens with zero attached hydrogens (tertiary/aromatic N) is 3. The fourth-order valence-corrected chi connectivity index (χ4v) is 1.33. The lowest BCUT2D eigenvalue weighted by Gasteiger charge is -2.17. The first-order valence-corrected chi connectivity index (χ1v) is 5.20. The topological polar surface area (TPSA) is 169 Å². The lowest BCUT2D eigenvalue weighted by atomic mass is 10.2. The number of carboxylic acid groups (broad SMARTS) is 1. The van der Waals surface area contributed by atoms with Crippen molar-refractivity contribution in [2.45, 2.75) is 19.1 Å². The molecule has 0 bridgehead atoms. The van der Waals surface area contributed by atoms with E-state index in [9.17, 15) is 30.1 Å². The Morgan fingerprint density at radius 2 is 2.00 bits per heavy atom. The minimum atomic E-state index is -1.54. The smallest absolute Gasteiger partial charge is 0.328 e. The van der Waals surface area contributed by atoms with Crippen LogP contribution < -0.4 is 5.32 Å². The van der Waals surface area contributed by atoms with Crippen molar-refractivity contribution >= 4 is 23.2 Å². The normalized spacial score (nSPS) is 13.3. The molecule has 0 aliphatic carbocycles. The molecule has 0 spiro atoms. The summed E-state index contributed by atoms with van der Waals surface area (Å²) < 4.78 is 0. The highest BCUT2D eigenvalue weighted by Gasteiger charge is 2.28. The third kappa shape index (κ3) is 3.35. The Hall–Kier alpha value is -2.82. The molecule has 0 aliphatic rings. The Kier molecular flexibility index (Phi) is 4.48. The fourth-order valence-electron chi connectivity index (χ4n) is 1.33. The second-order valence-electron chi connectivity index (χ2n) is 3.78. The molecule has 0 amide bonds. The van der Waals surface area contributed by atoms with E-state index in [1.54, 1.807) is 0 Å². The predicted molar refractivity (Wildman–Crippen MR) is 64.3 cm³/mol. The number of nitro groups is 2. The summed E-state index contributed by atoms with van der Waals surface area (Å²) in [4.78, 5) is 33.8. The van der Waals surface area contributed by atoms with Crippen LogP contribution in [-0.2, 0) is 4.79 Å². The van der Waals surface area contributed by atoms with E-state index in [1.165, 1.54) is 6.92 Å². The molecule has 11 nitrogen and oxygen atoms in total. The van der Waals surface area contributed by atoms with Crippen LogP contribution in [0.25, 0.3) is 0 Å². The second-order valence-corrected chi connectivity index (χ2v) is 3.78. The first-order chi connectivity index (χ1) is 9.23.